The highest BCUT2D eigenvalue weighted by atomic mass is 127. The maximum Gasteiger partial charge on any atom is 0.322 e. The van der Waals surface area contributed by atoms with Crippen molar-refractivity contribution in [2.24, 2.45) is 0 Å². The van der Waals surface area contributed by atoms with E-state index in [-0.39, 0.29) is 12.0 Å². The largest absolute Gasteiger partial charge is 0.468 e. The van der Waals surface area contributed by atoms with Crippen LogP contribution in [0.3, 0.4) is 0 Å². The van der Waals surface area contributed by atoms with Gasteiger partial charge < -0.3 is 14.8 Å². The molecule has 0 radical (unpaired) electrons. The molecular formula is C13H16INO3. The molecule has 2 rings (SSSR count). The van der Waals surface area contributed by atoms with E-state index in [0.29, 0.717) is 13.0 Å². The van der Waals surface area contributed by atoms with Crippen molar-refractivity contribution in [2.75, 3.05) is 20.8 Å². The molecule has 2 atom stereocenters. The average molecular weight is 361 g/mol. The molecule has 18 heavy (non-hydrogen) atoms. The molecule has 0 saturated carbocycles. The molecule has 0 spiro atoms. The van der Waals surface area contributed by atoms with Crippen LogP contribution >= 0.6 is 22.6 Å². The number of hydrogen-bond acceptors (Lipinski definition) is 4. The third kappa shape index (κ3) is 2.53. The van der Waals surface area contributed by atoms with Gasteiger partial charge in [-0.15, -0.1) is 0 Å². The molecule has 1 saturated heterocycles. The second kappa shape index (κ2) is 5.54. The molecule has 1 aromatic rings. The summed E-state index contributed by atoms with van der Waals surface area (Å²) in [7, 11) is 3.08. The Balaban J connectivity index is 2.23. The molecule has 0 amide bonds. The van der Waals surface area contributed by atoms with E-state index in [1.54, 1.807) is 7.11 Å². The minimum atomic E-state index is -0.441. The number of nitrogens with one attached hydrogen (secondary N) is 1. The van der Waals surface area contributed by atoms with E-state index in [1.807, 2.05) is 24.3 Å². The van der Waals surface area contributed by atoms with Gasteiger partial charge in [0.15, 0.2) is 0 Å². The van der Waals surface area contributed by atoms with E-state index >= 15 is 0 Å². The molecule has 4 nitrogen and oxygen atoms in total. The zero-order valence-electron chi connectivity index (χ0n) is 10.4. The van der Waals surface area contributed by atoms with Crippen molar-refractivity contribution in [3.63, 3.8) is 0 Å². The second-order valence-electron chi connectivity index (χ2n) is 4.37. The van der Waals surface area contributed by atoms with Crippen molar-refractivity contribution in [2.45, 2.75) is 18.1 Å². The smallest absolute Gasteiger partial charge is 0.322 e. The van der Waals surface area contributed by atoms with Gasteiger partial charge in [0.05, 0.1) is 7.11 Å². The van der Waals surface area contributed by atoms with Crippen LogP contribution in [0.25, 0.3) is 0 Å². The first kappa shape index (κ1) is 13.8. The maximum absolute atomic E-state index is 11.6. The predicted molar refractivity (Wildman–Crippen MR) is 76.3 cm³/mol. The van der Waals surface area contributed by atoms with E-state index in [9.17, 15) is 4.79 Å². The number of carbonyl (C=O) groups is 1. The summed E-state index contributed by atoms with van der Waals surface area (Å²) in [5.41, 5.74) is 0.646. The Bertz CT molecular complexity index is 434. The van der Waals surface area contributed by atoms with Crippen LogP contribution in [0.5, 0.6) is 0 Å². The van der Waals surface area contributed by atoms with Crippen LogP contribution in [0, 0.1) is 3.57 Å². The van der Waals surface area contributed by atoms with Gasteiger partial charge in [-0.05, 0) is 40.3 Å². The lowest BCUT2D eigenvalue weighted by Gasteiger charge is -2.27. The first-order valence-corrected chi connectivity index (χ1v) is 6.81. The van der Waals surface area contributed by atoms with Crippen molar-refractivity contribution in [1.29, 1.82) is 0 Å². The first-order valence-electron chi connectivity index (χ1n) is 5.74. The molecule has 1 fully saturated rings. The van der Waals surface area contributed by atoms with Gasteiger partial charge in [-0.25, -0.2) is 0 Å². The maximum atomic E-state index is 11.6. The molecule has 0 aliphatic carbocycles. The average Bonchev–Trinajstić information content (AvgIpc) is 2.84. The lowest BCUT2D eigenvalue weighted by Crippen LogP contribution is -2.31. The van der Waals surface area contributed by atoms with E-state index in [1.165, 1.54) is 10.7 Å². The fraction of sp³-hybridized carbons (Fsp3) is 0.462. The summed E-state index contributed by atoms with van der Waals surface area (Å²) in [5, 5.41) is 3.16. The van der Waals surface area contributed by atoms with E-state index in [2.05, 4.69) is 27.9 Å². The Labute approximate surface area is 120 Å². The van der Waals surface area contributed by atoms with Crippen molar-refractivity contribution in [3.05, 3.63) is 33.4 Å². The zero-order valence-corrected chi connectivity index (χ0v) is 12.6. The lowest BCUT2D eigenvalue weighted by atomic mass is 9.91. The number of methoxy groups -OCH3 is 2. The highest BCUT2D eigenvalue weighted by Crippen LogP contribution is 2.34. The topological polar surface area (TPSA) is 47.6 Å². The van der Waals surface area contributed by atoms with Crippen LogP contribution in [0.15, 0.2) is 24.3 Å². The molecule has 1 N–H and O–H groups in total. The monoisotopic (exact) mass is 361 g/mol. The Kier molecular flexibility index (Phi) is 4.24. The van der Waals surface area contributed by atoms with Crippen molar-refractivity contribution >= 4 is 28.6 Å². The van der Waals surface area contributed by atoms with Crippen molar-refractivity contribution in [3.8, 4) is 0 Å². The minimum Gasteiger partial charge on any atom is -0.468 e. The lowest BCUT2D eigenvalue weighted by molar-refractivity contribution is -0.143. The molecule has 5 heteroatoms. The summed E-state index contributed by atoms with van der Waals surface area (Å²) in [6.07, 6.45) is 0.594. The van der Waals surface area contributed by atoms with Gasteiger partial charge in [-0.1, -0.05) is 12.1 Å². The first-order chi connectivity index (χ1) is 8.61. The quantitative estimate of drug-likeness (QED) is 0.657. The number of esters is 1. The van der Waals surface area contributed by atoms with E-state index in [4.69, 9.17) is 9.47 Å². The highest BCUT2D eigenvalue weighted by Gasteiger charge is 2.43. The number of benzene rings is 1. The standard InChI is InChI=1S/C13H16INO3/c1-17-12(16)11-7-13(18-2,8-15-11)9-3-5-10(14)6-4-9/h3-6,11,15H,7-8H2,1-2H3/t11-,13-/m0/s1. The van der Waals surface area contributed by atoms with Crippen LogP contribution in [-0.2, 0) is 19.9 Å². The number of carbonyl (C=O) groups excluding carboxylic acids is 1. The fourth-order valence-corrected chi connectivity index (χ4v) is 2.68. The molecule has 98 valence electrons. The molecular weight excluding hydrogens is 345 g/mol. The number of hydrogen-bond donors (Lipinski definition) is 1. The van der Waals surface area contributed by atoms with E-state index < -0.39 is 5.60 Å². The Morgan fingerprint density at radius 2 is 2.06 bits per heavy atom. The van der Waals surface area contributed by atoms with Crippen molar-refractivity contribution in [1.82, 2.24) is 5.32 Å². The summed E-state index contributed by atoms with van der Waals surface area (Å²) in [6.45, 7) is 0.615. The van der Waals surface area contributed by atoms with Crippen LogP contribution in [-0.4, -0.2) is 32.8 Å². The Morgan fingerprint density at radius 3 is 2.61 bits per heavy atom. The van der Waals surface area contributed by atoms with Gasteiger partial charge in [-0.2, -0.15) is 0 Å². The molecule has 0 bridgehead atoms. The van der Waals surface area contributed by atoms with Gasteiger partial charge in [0.25, 0.3) is 0 Å². The van der Waals surface area contributed by atoms with Crippen LogP contribution in [0.2, 0.25) is 0 Å². The zero-order chi connectivity index (χ0) is 13.2. The summed E-state index contributed by atoms with van der Waals surface area (Å²) >= 11 is 2.27. The molecule has 1 aliphatic rings. The van der Waals surface area contributed by atoms with Gasteiger partial charge in [-0.3, -0.25) is 4.79 Å². The molecule has 1 heterocycles. The summed E-state index contributed by atoms with van der Waals surface area (Å²) in [6, 6.07) is 7.89. The van der Waals surface area contributed by atoms with Crippen LogP contribution in [0.4, 0.5) is 0 Å². The Hall–Kier alpha value is -0.660. The molecule has 1 aliphatic heterocycles. The summed E-state index contributed by atoms with van der Waals surface area (Å²) in [4.78, 5) is 11.6. The third-order valence-corrected chi connectivity index (χ3v) is 4.13. The Morgan fingerprint density at radius 1 is 1.39 bits per heavy atom. The van der Waals surface area contributed by atoms with Crippen molar-refractivity contribution < 1.29 is 14.3 Å². The fourth-order valence-electron chi connectivity index (χ4n) is 2.32. The van der Waals surface area contributed by atoms with Gasteiger partial charge in [0, 0.05) is 23.6 Å². The summed E-state index contributed by atoms with van der Waals surface area (Å²) < 4.78 is 11.6. The van der Waals surface area contributed by atoms with Gasteiger partial charge in [0.1, 0.15) is 11.6 Å². The molecule has 0 unspecified atom stereocenters. The summed E-state index contributed by atoms with van der Waals surface area (Å²) in [5.74, 6) is -0.237. The third-order valence-electron chi connectivity index (χ3n) is 3.41. The number of ether oxygens (including phenoxy) is 2. The minimum absolute atomic E-state index is 0.237. The van der Waals surface area contributed by atoms with Gasteiger partial charge in [0.2, 0.25) is 0 Å². The van der Waals surface area contributed by atoms with Crippen LogP contribution < -0.4 is 5.32 Å². The number of halogens is 1. The highest BCUT2D eigenvalue weighted by molar-refractivity contribution is 14.1. The number of rotatable bonds is 3. The van der Waals surface area contributed by atoms with E-state index in [0.717, 1.165) is 5.56 Å². The SMILES string of the molecule is COC(=O)[C@@H]1C[C@@](OC)(c2ccc(I)cc2)CN1. The second-order valence-corrected chi connectivity index (χ2v) is 5.61. The van der Waals surface area contributed by atoms with Gasteiger partial charge >= 0.3 is 5.97 Å². The normalized spacial score (nSPS) is 27.2. The molecule has 0 aromatic heterocycles. The molecule has 1 aromatic carbocycles. The van der Waals surface area contributed by atoms with Crippen LogP contribution in [0.1, 0.15) is 12.0 Å². The predicted octanol–water partition coefficient (Wildman–Crippen LogP) is 1.67.